The molecule has 0 atom stereocenters. The second kappa shape index (κ2) is 15.0. The van der Waals surface area contributed by atoms with Crippen LogP contribution in [-0.2, 0) is 4.79 Å². The van der Waals surface area contributed by atoms with Crippen LogP contribution in [0.15, 0.2) is 24.3 Å². The van der Waals surface area contributed by atoms with E-state index in [4.69, 9.17) is 4.74 Å². The zero-order valence-electron chi connectivity index (χ0n) is 29.2. The highest BCUT2D eigenvalue weighted by molar-refractivity contribution is 5.79. The third-order valence-corrected chi connectivity index (χ3v) is 13.6. The normalized spacial score (nSPS) is 31.2. The van der Waals surface area contributed by atoms with Gasteiger partial charge in [0.05, 0.1) is 5.92 Å². The molecule has 0 amide bonds. The minimum atomic E-state index is -3.15. The fraction of sp³-hybridized carbons (Fsp3) is 0.825. The number of halogens is 2. The summed E-state index contributed by atoms with van der Waals surface area (Å²) in [5, 5.41) is 0. The van der Waals surface area contributed by atoms with Crippen LogP contribution in [0.3, 0.4) is 0 Å². The molecule has 1 aromatic carbocycles. The number of benzene rings is 1. The minimum absolute atomic E-state index is 0.0309. The Bertz CT molecular complexity index is 1010. The molecule has 4 aliphatic rings. The van der Waals surface area contributed by atoms with Gasteiger partial charge in [0.25, 0.3) is 0 Å². The van der Waals surface area contributed by atoms with Crippen molar-refractivity contribution in [3.63, 3.8) is 0 Å². The van der Waals surface area contributed by atoms with Gasteiger partial charge >= 0.3 is 6.11 Å². The number of hydrogen-bond donors (Lipinski definition) is 0. The Kier molecular flexibility index (Phi) is 12.0. The van der Waals surface area contributed by atoms with Crippen molar-refractivity contribution in [3.05, 3.63) is 29.8 Å². The zero-order chi connectivity index (χ0) is 32.1. The first-order valence-electron chi connectivity index (χ1n) is 18.5. The summed E-state index contributed by atoms with van der Waals surface area (Å²) in [6.45, 7) is 15.8. The molecule has 4 heteroatoms. The van der Waals surface area contributed by atoms with Crippen molar-refractivity contribution in [1.82, 2.24) is 0 Å². The Balaban J connectivity index is 0.00000216. The molecule has 1 aromatic rings. The SMILES string of the molecule is CC.CC1CCC(C2CCC(c3ccc(OC(F)(F)C4CCC(C(C)(C)C(C)(C)C5CCC(=O)CC5)CC4)cc3)CC2)CC1. The predicted molar refractivity (Wildman–Crippen MR) is 179 cm³/mol. The van der Waals surface area contributed by atoms with Gasteiger partial charge in [-0.25, -0.2) is 0 Å². The molecule has 4 fully saturated rings. The number of carbonyl (C=O) groups is 1. The number of carbonyl (C=O) groups excluding carboxylic acids is 1. The van der Waals surface area contributed by atoms with Crippen LogP contribution in [0.25, 0.3) is 0 Å². The van der Waals surface area contributed by atoms with E-state index in [1.165, 1.54) is 56.9 Å². The largest absolute Gasteiger partial charge is 0.432 e. The van der Waals surface area contributed by atoms with E-state index in [-0.39, 0.29) is 10.8 Å². The Morgan fingerprint density at radius 3 is 1.55 bits per heavy atom. The summed E-state index contributed by atoms with van der Waals surface area (Å²) in [5.41, 5.74) is 1.39. The highest BCUT2D eigenvalue weighted by Crippen LogP contribution is 2.57. The summed E-state index contributed by atoms with van der Waals surface area (Å²) in [7, 11) is 0. The Morgan fingerprint density at radius 1 is 0.614 bits per heavy atom. The van der Waals surface area contributed by atoms with Gasteiger partial charge < -0.3 is 4.74 Å². The van der Waals surface area contributed by atoms with E-state index in [1.807, 2.05) is 26.0 Å². The van der Waals surface area contributed by atoms with Crippen LogP contribution < -0.4 is 4.74 Å². The maximum Gasteiger partial charge on any atom is 0.400 e. The quantitative estimate of drug-likeness (QED) is 0.291. The van der Waals surface area contributed by atoms with Crippen molar-refractivity contribution in [2.45, 2.75) is 163 Å². The fourth-order valence-corrected chi connectivity index (χ4v) is 9.59. The van der Waals surface area contributed by atoms with Gasteiger partial charge in [-0.15, -0.1) is 0 Å². The molecule has 0 unspecified atom stereocenters. The number of ketones is 1. The van der Waals surface area contributed by atoms with Gasteiger partial charge in [-0.3, -0.25) is 4.79 Å². The van der Waals surface area contributed by atoms with Crippen molar-refractivity contribution in [2.24, 2.45) is 46.3 Å². The maximum atomic E-state index is 15.4. The Hall–Kier alpha value is -1.45. The molecule has 2 nitrogen and oxygen atoms in total. The third-order valence-electron chi connectivity index (χ3n) is 13.6. The lowest BCUT2D eigenvalue weighted by Gasteiger charge is -2.54. The van der Waals surface area contributed by atoms with Gasteiger partial charge in [-0.2, -0.15) is 8.78 Å². The van der Waals surface area contributed by atoms with Crippen molar-refractivity contribution >= 4 is 5.78 Å². The number of hydrogen-bond acceptors (Lipinski definition) is 2. The maximum absolute atomic E-state index is 15.4. The highest BCUT2D eigenvalue weighted by atomic mass is 19.3. The minimum Gasteiger partial charge on any atom is -0.432 e. The average molecular weight is 615 g/mol. The molecule has 0 N–H and O–H groups in total. The molecule has 5 rings (SSSR count). The van der Waals surface area contributed by atoms with Crippen LogP contribution in [0, 0.1) is 46.3 Å². The summed E-state index contributed by atoms with van der Waals surface area (Å²) < 4.78 is 36.3. The van der Waals surface area contributed by atoms with Crippen molar-refractivity contribution in [3.8, 4) is 5.75 Å². The molecule has 250 valence electrons. The molecular formula is C40H64F2O2. The van der Waals surface area contributed by atoms with Crippen LogP contribution in [0.2, 0.25) is 0 Å². The van der Waals surface area contributed by atoms with Gasteiger partial charge in [0.15, 0.2) is 0 Å². The second-order valence-corrected chi connectivity index (χ2v) is 16.2. The second-order valence-electron chi connectivity index (χ2n) is 16.2. The molecule has 0 aromatic heterocycles. The monoisotopic (exact) mass is 614 g/mol. The Morgan fingerprint density at radius 2 is 1.05 bits per heavy atom. The highest BCUT2D eigenvalue weighted by Gasteiger charge is 2.51. The lowest BCUT2D eigenvalue weighted by Crippen LogP contribution is -2.47. The number of Topliss-reactive ketones (excluding diaryl/α,β-unsaturated/α-hetero) is 1. The van der Waals surface area contributed by atoms with Gasteiger partial charge in [-0.05, 0) is 141 Å². The smallest absolute Gasteiger partial charge is 0.400 e. The first kappa shape index (κ1) is 35.4. The summed E-state index contributed by atoms with van der Waals surface area (Å²) in [6.07, 6.45) is 13.5. The molecule has 0 aliphatic heterocycles. The summed E-state index contributed by atoms with van der Waals surface area (Å²) in [6, 6.07) is 7.64. The van der Waals surface area contributed by atoms with Crippen molar-refractivity contribution < 1.29 is 18.3 Å². The van der Waals surface area contributed by atoms with E-state index in [2.05, 4.69) is 34.6 Å². The van der Waals surface area contributed by atoms with Crippen LogP contribution >= 0.6 is 0 Å². The van der Waals surface area contributed by atoms with E-state index < -0.39 is 12.0 Å². The lowest BCUT2D eigenvalue weighted by molar-refractivity contribution is -0.226. The topological polar surface area (TPSA) is 26.3 Å². The summed E-state index contributed by atoms with van der Waals surface area (Å²) in [4.78, 5) is 11.8. The van der Waals surface area contributed by atoms with Crippen LogP contribution in [0.4, 0.5) is 8.78 Å². The fourth-order valence-electron chi connectivity index (χ4n) is 9.59. The standard InChI is InChI=1S/C38H58F2O2.C2H6/c1-26-6-8-27(9-7-26)28-10-12-29(13-11-28)30-14-24-35(25-15-30)42-38(39,40)33-18-16-31(17-19-33)36(2,3)37(4,5)32-20-22-34(41)23-21-32;1-2/h14-15,24-29,31-33H,6-13,16-23H2,1-5H3;1-2H3. The lowest BCUT2D eigenvalue weighted by atomic mass is 9.51. The molecule has 0 spiro atoms. The van der Waals surface area contributed by atoms with Crippen LogP contribution in [0.1, 0.15) is 163 Å². The van der Waals surface area contributed by atoms with Crippen molar-refractivity contribution in [1.29, 1.82) is 0 Å². The third kappa shape index (κ3) is 8.09. The summed E-state index contributed by atoms with van der Waals surface area (Å²) in [5.74, 6) is 4.16. The first-order valence-corrected chi connectivity index (χ1v) is 18.5. The molecule has 0 bridgehead atoms. The van der Waals surface area contributed by atoms with E-state index in [0.717, 1.165) is 43.4 Å². The molecule has 0 radical (unpaired) electrons. The van der Waals surface area contributed by atoms with E-state index in [1.54, 1.807) is 12.1 Å². The predicted octanol–water partition coefficient (Wildman–Crippen LogP) is 12.4. The number of ether oxygens (including phenoxy) is 1. The van der Waals surface area contributed by atoms with Gasteiger partial charge in [0.1, 0.15) is 11.5 Å². The molecule has 44 heavy (non-hydrogen) atoms. The van der Waals surface area contributed by atoms with Crippen molar-refractivity contribution in [2.75, 3.05) is 0 Å². The molecule has 0 heterocycles. The van der Waals surface area contributed by atoms with Gasteiger partial charge in [0, 0.05) is 12.8 Å². The van der Waals surface area contributed by atoms with E-state index in [0.29, 0.717) is 55.0 Å². The molecule has 4 aliphatic carbocycles. The summed E-state index contributed by atoms with van der Waals surface area (Å²) >= 11 is 0. The van der Waals surface area contributed by atoms with Crippen LogP contribution in [-0.4, -0.2) is 11.9 Å². The zero-order valence-corrected chi connectivity index (χ0v) is 29.2. The molecular weight excluding hydrogens is 550 g/mol. The van der Waals surface area contributed by atoms with E-state index >= 15 is 8.78 Å². The number of alkyl halides is 2. The molecule has 4 saturated carbocycles. The van der Waals surface area contributed by atoms with Gasteiger partial charge in [-0.1, -0.05) is 73.4 Å². The number of rotatable bonds is 8. The molecule has 0 saturated heterocycles. The van der Waals surface area contributed by atoms with E-state index in [9.17, 15) is 4.79 Å². The average Bonchev–Trinajstić information content (AvgIpc) is 3.03. The van der Waals surface area contributed by atoms with Gasteiger partial charge in [0.2, 0.25) is 0 Å². The Labute approximate surface area is 268 Å². The van der Waals surface area contributed by atoms with Crippen LogP contribution in [0.5, 0.6) is 5.75 Å². The first-order chi connectivity index (χ1) is 20.9.